The maximum Gasteiger partial charge on any atom is 0.0694 e. The first-order chi connectivity index (χ1) is 9.40. The second kappa shape index (κ2) is 6.33. The van der Waals surface area contributed by atoms with Crippen LogP contribution in [0, 0.1) is 0 Å². The number of nitrogens with one attached hydrogen (secondary N) is 1. The topological polar surface area (TPSA) is 24.5 Å². The number of anilines is 1. The average Bonchev–Trinajstić information content (AvgIpc) is 2.37. The van der Waals surface area contributed by atoms with Crippen molar-refractivity contribution < 1.29 is 4.74 Å². The van der Waals surface area contributed by atoms with Gasteiger partial charge >= 0.3 is 0 Å². The van der Waals surface area contributed by atoms with Gasteiger partial charge in [0.15, 0.2) is 0 Å². The van der Waals surface area contributed by atoms with Gasteiger partial charge in [-0.2, -0.15) is 0 Å². The van der Waals surface area contributed by atoms with Crippen LogP contribution in [0.1, 0.15) is 33.3 Å². The molecule has 4 heteroatoms. The predicted molar refractivity (Wildman–Crippen MR) is 85.7 cm³/mol. The largest absolute Gasteiger partial charge is 0.377 e. The van der Waals surface area contributed by atoms with Crippen LogP contribution >= 0.6 is 11.6 Å². The molecule has 1 N–H and O–H groups in total. The summed E-state index contributed by atoms with van der Waals surface area (Å²) in [6, 6.07) is 6.63. The predicted octanol–water partition coefficient (Wildman–Crippen LogP) is 3.45. The summed E-state index contributed by atoms with van der Waals surface area (Å²) in [5.41, 5.74) is 2.52. The number of rotatable bonds is 4. The number of benzene rings is 1. The summed E-state index contributed by atoms with van der Waals surface area (Å²) in [5, 5.41) is 4.27. The van der Waals surface area contributed by atoms with E-state index in [4.69, 9.17) is 16.3 Å². The van der Waals surface area contributed by atoms with E-state index in [2.05, 4.69) is 50.0 Å². The standard InChI is InChI=1S/C16H25ClN2O/c1-12(2)18-10-13-9-14(17)5-6-15(13)19-7-8-20-11-16(19,3)4/h5-6,9,12,18H,7-8,10-11H2,1-4H3. The van der Waals surface area contributed by atoms with Crippen molar-refractivity contribution in [3.05, 3.63) is 28.8 Å². The molecule has 0 aliphatic carbocycles. The number of nitrogens with zero attached hydrogens (tertiary/aromatic N) is 1. The molecular formula is C16H25ClN2O. The number of hydrogen-bond donors (Lipinski definition) is 1. The Morgan fingerprint density at radius 2 is 2.15 bits per heavy atom. The van der Waals surface area contributed by atoms with Crippen LogP contribution in [-0.4, -0.2) is 31.3 Å². The van der Waals surface area contributed by atoms with Crippen molar-refractivity contribution in [3.63, 3.8) is 0 Å². The Kier molecular flexibility index (Phi) is 4.95. The van der Waals surface area contributed by atoms with Gasteiger partial charge in [0.05, 0.1) is 18.8 Å². The SMILES string of the molecule is CC(C)NCc1cc(Cl)ccc1N1CCOCC1(C)C. The summed E-state index contributed by atoms with van der Waals surface area (Å²) in [7, 11) is 0. The fourth-order valence-electron chi connectivity index (χ4n) is 2.58. The van der Waals surface area contributed by atoms with Crippen molar-refractivity contribution >= 4 is 17.3 Å². The molecule has 0 aromatic heterocycles. The van der Waals surface area contributed by atoms with E-state index < -0.39 is 0 Å². The highest BCUT2D eigenvalue weighted by molar-refractivity contribution is 6.30. The first kappa shape index (κ1) is 15.6. The Bertz CT molecular complexity index is 460. The maximum atomic E-state index is 6.17. The molecule has 1 aliphatic heterocycles. The molecule has 0 unspecified atom stereocenters. The quantitative estimate of drug-likeness (QED) is 0.921. The number of morpholine rings is 1. The van der Waals surface area contributed by atoms with Crippen molar-refractivity contribution in [2.75, 3.05) is 24.7 Å². The van der Waals surface area contributed by atoms with Gasteiger partial charge < -0.3 is 15.0 Å². The van der Waals surface area contributed by atoms with Gasteiger partial charge in [-0.05, 0) is 37.6 Å². The van der Waals surface area contributed by atoms with Gasteiger partial charge in [0.1, 0.15) is 0 Å². The lowest BCUT2D eigenvalue weighted by Crippen LogP contribution is -2.53. The Labute approximate surface area is 127 Å². The molecule has 1 aromatic carbocycles. The number of ether oxygens (including phenoxy) is 1. The third-order valence-electron chi connectivity index (χ3n) is 3.68. The molecule has 0 atom stereocenters. The van der Waals surface area contributed by atoms with E-state index >= 15 is 0 Å². The van der Waals surface area contributed by atoms with E-state index in [0.29, 0.717) is 6.04 Å². The van der Waals surface area contributed by atoms with Gasteiger partial charge in [0.25, 0.3) is 0 Å². The Hall–Kier alpha value is -0.770. The lowest BCUT2D eigenvalue weighted by Gasteiger charge is -2.44. The van der Waals surface area contributed by atoms with Crippen LogP contribution < -0.4 is 10.2 Å². The second-order valence-electron chi connectivity index (χ2n) is 6.33. The molecule has 0 bridgehead atoms. The van der Waals surface area contributed by atoms with E-state index in [-0.39, 0.29) is 5.54 Å². The normalized spacial score (nSPS) is 18.6. The van der Waals surface area contributed by atoms with Crippen LogP contribution in [0.25, 0.3) is 0 Å². The minimum atomic E-state index is 0.0126. The Balaban J connectivity index is 2.29. The molecule has 1 fully saturated rings. The summed E-state index contributed by atoms with van der Waals surface area (Å²) >= 11 is 6.17. The highest BCUT2D eigenvalue weighted by Gasteiger charge is 2.31. The summed E-state index contributed by atoms with van der Waals surface area (Å²) in [5.74, 6) is 0. The van der Waals surface area contributed by atoms with Crippen molar-refractivity contribution in [2.24, 2.45) is 0 Å². The van der Waals surface area contributed by atoms with Gasteiger partial charge in [-0.25, -0.2) is 0 Å². The monoisotopic (exact) mass is 296 g/mol. The van der Waals surface area contributed by atoms with Crippen LogP contribution in [0.3, 0.4) is 0 Å². The highest BCUT2D eigenvalue weighted by Crippen LogP contribution is 2.31. The van der Waals surface area contributed by atoms with Gasteiger partial charge in [0.2, 0.25) is 0 Å². The summed E-state index contributed by atoms with van der Waals surface area (Å²) in [6.45, 7) is 12.0. The van der Waals surface area contributed by atoms with Gasteiger partial charge in [-0.3, -0.25) is 0 Å². The van der Waals surface area contributed by atoms with Gasteiger partial charge in [0, 0.05) is 29.8 Å². The maximum absolute atomic E-state index is 6.17. The van der Waals surface area contributed by atoms with Crippen LogP contribution in [0.5, 0.6) is 0 Å². The fraction of sp³-hybridized carbons (Fsp3) is 0.625. The molecule has 2 rings (SSSR count). The molecule has 3 nitrogen and oxygen atoms in total. The molecular weight excluding hydrogens is 272 g/mol. The molecule has 20 heavy (non-hydrogen) atoms. The van der Waals surface area contributed by atoms with Crippen molar-refractivity contribution in [1.29, 1.82) is 0 Å². The van der Waals surface area contributed by atoms with E-state index in [1.54, 1.807) is 0 Å². The smallest absolute Gasteiger partial charge is 0.0694 e. The third-order valence-corrected chi connectivity index (χ3v) is 3.91. The van der Waals surface area contributed by atoms with Gasteiger partial charge in [-0.1, -0.05) is 25.4 Å². The number of halogens is 1. The fourth-order valence-corrected chi connectivity index (χ4v) is 2.77. The molecule has 1 heterocycles. The molecule has 1 aromatic rings. The molecule has 112 valence electrons. The van der Waals surface area contributed by atoms with Crippen molar-refractivity contribution in [3.8, 4) is 0 Å². The van der Waals surface area contributed by atoms with Crippen LogP contribution in [0.4, 0.5) is 5.69 Å². The zero-order chi connectivity index (χ0) is 14.8. The summed E-state index contributed by atoms with van der Waals surface area (Å²) in [6.07, 6.45) is 0. The average molecular weight is 297 g/mol. The van der Waals surface area contributed by atoms with Gasteiger partial charge in [-0.15, -0.1) is 0 Å². The van der Waals surface area contributed by atoms with E-state index in [0.717, 1.165) is 31.3 Å². The van der Waals surface area contributed by atoms with E-state index in [1.807, 2.05) is 6.07 Å². The van der Waals surface area contributed by atoms with E-state index in [9.17, 15) is 0 Å². The highest BCUT2D eigenvalue weighted by atomic mass is 35.5. The zero-order valence-corrected chi connectivity index (χ0v) is 13.6. The molecule has 0 spiro atoms. The van der Waals surface area contributed by atoms with Crippen LogP contribution in [0.15, 0.2) is 18.2 Å². The summed E-state index contributed by atoms with van der Waals surface area (Å²) in [4.78, 5) is 2.43. The Morgan fingerprint density at radius 1 is 1.40 bits per heavy atom. The lowest BCUT2D eigenvalue weighted by atomic mass is 9.99. The van der Waals surface area contributed by atoms with Crippen LogP contribution in [0.2, 0.25) is 5.02 Å². The second-order valence-corrected chi connectivity index (χ2v) is 6.76. The molecule has 1 saturated heterocycles. The molecule has 0 saturated carbocycles. The first-order valence-corrected chi connectivity index (χ1v) is 7.65. The minimum absolute atomic E-state index is 0.0126. The first-order valence-electron chi connectivity index (χ1n) is 7.27. The van der Waals surface area contributed by atoms with Crippen molar-refractivity contribution in [2.45, 2.75) is 45.8 Å². The van der Waals surface area contributed by atoms with Crippen LogP contribution in [-0.2, 0) is 11.3 Å². The Morgan fingerprint density at radius 3 is 2.80 bits per heavy atom. The number of hydrogen-bond acceptors (Lipinski definition) is 3. The zero-order valence-electron chi connectivity index (χ0n) is 12.9. The summed E-state index contributed by atoms with van der Waals surface area (Å²) < 4.78 is 5.61. The molecule has 0 amide bonds. The van der Waals surface area contributed by atoms with E-state index in [1.165, 1.54) is 11.3 Å². The minimum Gasteiger partial charge on any atom is -0.377 e. The molecule has 0 radical (unpaired) electrons. The molecule has 1 aliphatic rings. The van der Waals surface area contributed by atoms with Crippen molar-refractivity contribution in [1.82, 2.24) is 5.32 Å². The third kappa shape index (κ3) is 3.66. The lowest BCUT2D eigenvalue weighted by molar-refractivity contribution is 0.0643.